The van der Waals surface area contributed by atoms with Crippen LogP contribution in [0.25, 0.3) is 28.0 Å². The van der Waals surface area contributed by atoms with Crippen LogP contribution in [0.2, 0.25) is 0 Å². The molecule has 5 rings (SSSR count). The molecule has 1 N–H and O–H groups in total. The van der Waals surface area contributed by atoms with Crippen LogP contribution in [0.15, 0.2) is 59.7 Å². The first-order valence-electron chi connectivity index (χ1n) is 10.3. The van der Waals surface area contributed by atoms with Crippen LogP contribution in [0, 0.1) is 11.3 Å². The molecule has 0 bridgehead atoms. The van der Waals surface area contributed by atoms with Crippen molar-refractivity contribution in [3.63, 3.8) is 0 Å². The highest BCUT2D eigenvalue weighted by Gasteiger charge is 2.41. The lowest BCUT2D eigenvalue weighted by Gasteiger charge is -2.16. The van der Waals surface area contributed by atoms with E-state index < -0.39 is 10.0 Å². The van der Waals surface area contributed by atoms with Crippen LogP contribution in [-0.2, 0) is 16.4 Å². The van der Waals surface area contributed by atoms with Gasteiger partial charge in [0.15, 0.2) is 0 Å². The van der Waals surface area contributed by atoms with E-state index in [2.05, 4.69) is 22.7 Å². The van der Waals surface area contributed by atoms with E-state index in [1.54, 1.807) is 24.3 Å². The Kier molecular flexibility index (Phi) is 4.40. The highest BCUT2D eigenvalue weighted by molar-refractivity contribution is 7.89. The van der Waals surface area contributed by atoms with E-state index in [-0.39, 0.29) is 10.4 Å². The largest absolute Gasteiger partial charge is 0.293 e. The molecule has 0 saturated heterocycles. The Morgan fingerprint density at radius 2 is 1.97 bits per heavy atom. The maximum absolute atomic E-state index is 12.7. The summed E-state index contributed by atoms with van der Waals surface area (Å²) in [5.41, 5.74) is 4.43. The fourth-order valence-electron chi connectivity index (χ4n) is 3.84. The summed E-state index contributed by atoms with van der Waals surface area (Å²) in [5, 5.41) is 10.8. The molecule has 2 aromatic heterocycles. The summed E-state index contributed by atoms with van der Waals surface area (Å²) >= 11 is 0. The van der Waals surface area contributed by atoms with Gasteiger partial charge in [0, 0.05) is 28.4 Å². The smallest absolute Gasteiger partial charge is 0.241 e. The number of sulfonamides is 1. The minimum atomic E-state index is -3.58. The Morgan fingerprint density at radius 1 is 1.26 bits per heavy atom. The van der Waals surface area contributed by atoms with E-state index in [1.165, 1.54) is 0 Å². The third-order valence-electron chi connectivity index (χ3n) is 6.00. The third kappa shape index (κ3) is 3.29. The second-order valence-electron chi connectivity index (χ2n) is 8.38. The normalized spacial score (nSPS) is 16.6. The van der Waals surface area contributed by atoms with E-state index in [0.29, 0.717) is 5.56 Å². The van der Waals surface area contributed by atoms with Gasteiger partial charge in [-0.1, -0.05) is 25.1 Å². The summed E-state index contributed by atoms with van der Waals surface area (Å²) in [7, 11) is -3.58. The SMILES string of the molecule is CCc1cnc2c(c1)c(C#N)c(-c1ccc(S(=O)(=O)NC3(C)CC3)cc1)n2C1=CC=C1. The Hall–Kier alpha value is -3.21. The minimum absolute atomic E-state index is 0.222. The van der Waals surface area contributed by atoms with Gasteiger partial charge in [-0.3, -0.25) is 4.57 Å². The van der Waals surface area contributed by atoms with Gasteiger partial charge in [0.2, 0.25) is 10.0 Å². The number of aryl methyl sites for hydroxylation is 1. The van der Waals surface area contributed by atoms with E-state index >= 15 is 0 Å². The fraction of sp³-hybridized carbons (Fsp3) is 0.250. The molecule has 0 atom stereocenters. The van der Waals surface area contributed by atoms with Gasteiger partial charge in [-0.05, 0) is 62.1 Å². The van der Waals surface area contributed by atoms with Crippen molar-refractivity contribution in [1.82, 2.24) is 14.3 Å². The molecule has 1 saturated carbocycles. The molecule has 2 aliphatic rings. The number of allylic oxidation sites excluding steroid dienone is 4. The molecule has 0 radical (unpaired) electrons. The van der Waals surface area contributed by atoms with Gasteiger partial charge in [0.05, 0.1) is 16.2 Å². The number of nitriles is 1. The van der Waals surface area contributed by atoms with Crippen LogP contribution >= 0.6 is 0 Å². The minimum Gasteiger partial charge on any atom is -0.293 e. The number of nitrogens with zero attached hydrogens (tertiary/aromatic N) is 3. The van der Waals surface area contributed by atoms with Crippen LogP contribution in [0.3, 0.4) is 0 Å². The lowest BCUT2D eigenvalue weighted by molar-refractivity contribution is 0.558. The first-order chi connectivity index (χ1) is 14.8. The van der Waals surface area contributed by atoms with E-state index in [1.807, 2.05) is 42.0 Å². The van der Waals surface area contributed by atoms with Crippen LogP contribution in [-0.4, -0.2) is 23.5 Å². The first-order valence-corrected chi connectivity index (χ1v) is 11.8. The maximum Gasteiger partial charge on any atom is 0.241 e. The van der Waals surface area contributed by atoms with E-state index in [4.69, 9.17) is 0 Å². The molecule has 156 valence electrons. The van der Waals surface area contributed by atoms with Gasteiger partial charge in [-0.2, -0.15) is 5.26 Å². The second-order valence-corrected chi connectivity index (χ2v) is 10.1. The molecule has 1 aromatic carbocycles. The summed E-state index contributed by atoms with van der Waals surface area (Å²) in [6.07, 6.45) is 10.3. The zero-order valence-corrected chi connectivity index (χ0v) is 18.2. The summed E-state index contributed by atoms with van der Waals surface area (Å²) in [6, 6.07) is 11.1. The molecular formula is C24H22N4O2S. The molecule has 2 heterocycles. The lowest BCUT2D eigenvalue weighted by atomic mass is 10.1. The summed E-state index contributed by atoms with van der Waals surface area (Å²) in [4.78, 5) is 4.87. The Bertz CT molecular complexity index is 1420. The summed E-state index contributed by atoms with van der Waals surface area (Å²) in [6.45, 7) is 3.97. The predicted molar refractivity (Wildman–Crippen MR) is 121 cm³/mol. The molecule has 1 fully saturated rings. The lowest BCUT2D eigenvalue weighted by Crippen LogP contribution is -2.34. The van der Waals surface area contributed by atoms with Crippen molar-refractivity contribution in [2.45, 2.75) is 43.5 Å². The highest BCUT2D eigenvalue weighted by Crippen LogP contribution is 2.38. The molecule has 3 aromatic rings. The van der Waals surface area contributed by atoms with Gasteiger partial charge < -0.3 is 0 Å². The molecule has 6 nitrogen and oxygen atoms in total. The zero-order valence-electron chi connectivity index (χ0n) is 17.4. The van der Waals surface area contributed by atoms with Gasteiger partial charge in [0.1, 0.15) is 11.7 Å². The second kappa shape index (κ2) is 6.91. The molecule has 2 aliphatic carbocycles. The zero-order chi connectivity index (χ0) is 21.8. The highest BCUT2D eigenvalue weighted by atomic mass is 32.2. The molecule has 31 heavy (non-hydrogen) atoms. The number of fused-ring (bicyclic) bond motifs is 1. The van der Waals surface area contributed by atoms with Crippen molar-refractivity contribution < 1.29 is 8.42 Å². The summed E-state index contributed by atoms with van der Waals surface area (Å²) < 4.78 is 30.2. The number of hydrogen-bond donors (Lipinski definition) is 1. The standard InChI is InChI=1S/C24H22N4O2S/c1-3-16-13-20-21(14-25)22(28(18-5-4-6-18)23(20)26-15-16)17-7-9-19(10-8-17)31(29,30)27-24(2)11-12-24/h4-10,13,15,27H,3,11-12H2,1-2H3. The van der Waals surface area contributed by atoms with Crippen molar-refractivity contribution in [3.05, 3.63) is 65.9 Å². The van der Waals surface area contributed by atoms with Crippen molar-refractivity contribution in [3.8, 4) is 17.3 Å². The van der Waals surface area contributed by atoms with Crippen LogP contribution in [0.5, 0.6) is 0 Å². The molecule has 0 amide bonds. The van der Waals surface area contributed by atoms with Gasteiger partial charge in [-0.15, -0.1) is 0 Å². The molecule has 0 spiro atoms. The van der Waals surface area contributed by atoms with Crippen LogP contribution in [0.1, 0.15) is 37.8 Å². The van der Waals surface area contributed by atoms with Gasteiger partial charge in [0.25, 0.3) is 0 Å². The van der Waals surface area contributed by atoms with E-state index in [9.17, 15) is 13.7 Å². The molecule has 7 heteroatoms. The average molecular weight is 431 g/mol. The predicted octanol–water partition coefficient (Wildman–Crippen LogP) is 4.38. The average Bonchev–Trinajstić information content (AvgIpc) is 3.35. The monoisotopic (exact) mass is 430 g/mol. The molecule has 0 aliphatic heterocycles. The Balaban J connectivity index is 1.65. The maximum atomic E-state index is 12.7. The third-order valence-corrected chi connectivity index (χ3v) is 7.65. The summed E-state index contributed by atoms with van der Waals surface area (Å²) in [5.74, 6) is 0. The van der Waals surface area contributed by atoms with Crippen molar-refractivity contribution in [2.24, 2.45) is 0 Å². The molecular weight excluding hydrogens is 408 g/mol. The number of aromatic nitrogens is 2. The van der Waals surface area contributed by atoms with Crippen molar-refractivity contribution in [2.75, 3.05) is 0 Å². The van der Waals surface area contributed by atoms with E-state index in [0.717, 1.165) is 52.8 Å². The number of nitrogens with one attached hydrogen (secondary N) is 1. The Morgan fingerprint density at radius 3 is 2.52 bits per heavy atom. The van der Waals surface area contributed by atoms with Gasteiger partial charge >= 0.3 is 0 Å². The number of rotatable bonds is 6. The Labute approximate surface area is 181 Å². The fourth-order valence-corrected chi connectivity index (χ4v) is 5.30. The number of hydrogen-bond acceptors (Lipinski definition) is 4. The number of pyridine rings is 1. The van der Waals surface area contributed by atoms with Gasteiger partial charge in [-0.25, -0.2) is 18.1 Å². The first kappa shape index (κ1) is 19.7. The molecule has 0 unspecified atom stereocenters. The topological polar surface area (TPSA) is 87.8 Å². The number of benzene rings is 1. The van der Waals surface area contributed by atoms with Crippen LogP contribution in [0.4, 0.5) is 0 Å². The van der Waals surface area contributed by atoms with Crippen molar-refractivity contribution in [1.29, 1.82) is 5.26 Å². The van der Waals surface area contributed by atoms with Crippen molar-refractivity contribution >= 4 is 26.8 Å². The van der Waals surface area contributed by atoms with Crippen LogP contribution < -0.4 is 4.72 Å². The quantitative estimate of drug-likeness (QED) is 0.629.